The number of pyridine rings is 1. The van der Waals surface area contributed by atoms with Crippen LogP contribution in [0.15, 0.2) is 24.5 Å². The third kappa shape index (κ3) is 6.08. The van der Waals surface area contributed by atoms with E-state index in [9.17, 15) is 0 Å². The Kier molecular flexibility index (Phi) is 6.60. The van der Waals surface area contributed by atoms with Crippen LogP contribution in [0.4, 0.5) is 0 Å². The first-order chi connectivity index (χ1) is 8.09. The number of nitrogens with one attached hydrogen (secondary N) is 1. The second kappa shape index (κ2) is 7.72. The fourth-order valence-electron chi connectivity index (χ4n) is 1.70. The lowest BCUT2D eigenvalue weighted by molar-refractivity contribution is 0.510. The normalized spacial score (nSPS) is 14.9. The van der Waals surface area contributed by atoms with E-state index in [4.69, 9.17) is 0 Å². The summed E-state index contributed by atoms with van der Waals surface area (Å²) in [5.74, 6) is 3.20. The predicted molar refractivity (Wildman–Crippen MR) is 77.4 cm³/mol. The van der Waals surface area contributed by atoms with Crippen molar-refractivity contribution in [2.45, 2.75) is 39.8 Å². The summed E-state index contributed by atoms with van der Waals surface area (Å²) >= 11 is 2.03. The highest BCUT2D eigenvalue weighted by atomic mass is 32.2. The summed E-state index contributed by atoms with van der Waals surface area (Å²) in [4.78, 5) is 4.04. The lowest BCUT2D eigenvalue weighted by Crippen LogP contribution is -2.31. The van der Waals surface area contributed by atoms with Crippen molar-refractivity contribution in [3.05, 3.63) is 30.1 Å². The minimum Gasteiger partial charge on any atom is -0.307 e. The maximum Gasteiger partial charge on any atom is 0.0295 e. The highest BCUT2D eigenvalue weighted by molar-refractivity contribution is 7.99. The van der Waals surface area contributed by atoms with Crippen LogP contribution in [-0.4, -0.2) is 22.5 Å². The van der Waals surface area contributed by atoms with Crippen molar-refractivity contribution < 1.29 is 0 Å². The van der Waals surface area contributed by atoms with E-state index in [1.807, 2.05) is 24.2 Å². The first kappa shape index (κ1) is 14.5. The Morgan fingerprint density at radius 3 is 2.35 bits per heavy atom. The summed E-state index contributed by atoms with van der Waals surface area (Å²) in [6.07, 6.45) is 3.71. The Balaban J connectivity index is 2.28. The number of aromatic nitrogens is 1. The Morgan fingerprint density at radius 1 is 1.12 bits per heavy atom. The molecule has 0 saturated carbocycles. The molecule has 2 nitrogen and oxygen atoms in total. The fourth-order valence-corrected chi connectivity index (χ4v) is 2.76. The summed E-state index contributed by atoms with van der Waals surface area (Å²) in [7, 11) is 0. The Bertz CT molecular complexity index is 300. The zero-order chi connectivity index (χ0) is 12.7. The molecule has 0 amide bonds. The zero-order valence-electron chi connectivity index (χ0n) is 11.3. The topological polar surface area (TPSA) is 24.9 Å². The van der Waals surface area contributed by atoms with Gasteiger partial charge in [0.15, 0.2) is 0 Å². The lowest BCUT2D eigenvalue weighted by Gasteiger charge is -2.20. The first-order valence-corrected chi connectivity index (χ1v) is 7.48. The van der Waals surface area contributed by atoms with E-state index in [2.05, 4.69) is 50.1 Å². The molecule has 96 valence electrons. The van der Waals surface area contributed by atoms with Crippen molar-refractivity contribution in [1.82, 2.24) is 10.3 Å². The summed E-state index contributed by atoms with van der Waals surface area (Å²) in [5, 5.41) is 3.62. The molecule has 0 bridgehead atoms. The SMILES string of the molecule is CC(C)CSC[C@@H](C)N[C@@H](C)c1ccncc1. The smallest absolute Gasteiger partial charge is 0.0295 e. The van der Waals surface area contributed by atoms with E-state index >= 15 is 0 Å². The molecule has 0 unspecified atom stereocenters. The van der Waals surface area contributed by atoms with E-state index < -0.39 is 0 Å². The van der Waals surface area contributed by atoms with Gasteiger partial charge in [-0.05, 0) is 43.2 Å². The number of hydrogen-bond donors (Lipinski definition) is 1. The van der Waals surface area contributed by atoms with E-state index in [0.29, 0.717) is 12.1 Å². The average molecular weight is 252 g/mol. The van der Waals surface area contributed by atoms with Crippen molar-refractivity contribution in [1.29, 1.82) is 0 Å². The van der Waals surface area contributed by atoms with Crippen molar-refractivity contribution in [3.8, 4) is 0 Å². The van der Waals surface area contributed by atoms with Gasteiger partial charge >= 0.3 is 0 Å². The summed E-state index contributed by atoms with van der Waals surface area (Å²) in [6.45, 7) is 9.00. The molecule has 0 saturated heterocycles. The van der Waals surface area contributed by atoms with Crippen molar-refractivity contribution in [3.63, 3.8) is 0 Å². The molecule has 0 aliphatic rings. The van der Waals surface area contributed by atoms with Crippen molar-refractivity contribution in [2.75, 3.05) is 11.5 Å². The number of nitrogens with zero attached hydrogens (tertiary/aromatic N) is 1. The molecule has 0 aliphatic carbocycles. The van der Waals surface area contributed by atoms with Crippen molar-refractivity contribution >= 4 is 11.8 Å². The van der Waals surface area contributed by atoms with Gasteiger partial charge in [-0.15, -0.1) is 0 Å². The van der Waals surface area contributed by atoms with Crippen LogP contribution in [0.25, 0.3) is 0 Å². The summed E-state index contributed by atoms with van der Waals surface area (Å²) in [5.41, 5.74) is 1.31. The third-order valence-corrected chi connectivity index (χ3v) is 4.20. The Hall–Kier alpha value is -0.540. The van der Waals surface area contributed by atoms with Gasteiger partial charge in [0.1, 0.15) is 0 Å². The number of thioether (sulfide) groups is 1. The summed E-state index contributed by atoms with van der Waals surface area (Å²) < 4.78 is 0. The van der Waals surface area contributed by atoms with Gasteiger partial charge < -0.3 is 5.32 Å². The van der Waals surface area contributed by atoms with Gasteiger partial charge in [0.25, 0.3) is 0 Å². The molecule has 2 atom stereocenters. The highest BCUT2D eigenvalue weighted by Crippen LogP contribution is 2.14. The predicted octanol–water partition coefficient (Wildman–Crippen LogP) is 3.51. The molecule has 3 heteroatoms. The Morgan fingerprint density at radius 2 is 1.76 bits per heavy atom. The molecular formula is C14H24N2S. The third-order valence-electron chi connectivity index (χ3n) is 2.56. The number of rotatable bonds is 7. The van der Waals surface area contributed by atoms with Crippen LogP contribution in [0.5, 0.6) is 0 Å². The second-order valence-electron chi connectivity index (χ2n) is 5.00. The maximum absolute atomic E-state index is 4.04. The van der Waals surface area contributed by atoms with Crippen LogP contribution >= 0.6 is 11.8 Å². The molecule has 0 fully saturated rings. The monoisotopic (exact) mass is 252 g/mol. The second-order valence-corrected chi connectivity index (χ2v) is 6.08. The minimum atomic E-state index is 0.396. The van der Waals surface area contributed by atoms with Gasteiger partial charge in [0.05, 0.1) is 0 Å². The first-order valence-electron chi connectivity index (χ1n) is 6.33. The van der Waals surface area contributed by atoms with Gasteiger partial charge in [0, 0.05) is 30.2 Å². The van der Waals surface area contributed by atoms with Gasteiger partial charge in [-0.2, -0.15) is 11.8 Å². The van der Waals surface area contributed by atoms with Gasteiger partial charge in [-0.3, -0.25) is 4.98 Å². The molecule has 1 rings (SSSR count). The molecule has 1 heterocycles. The maximum atomic E-state index is 4.04. The van der Waals surface area contributed by atoms with E-state index in [-0.39, 0.29) is 0 Å². The lowest BCUT2D eigenvalue weighted by atomic mass is 10.1. The van der Waals surface area contributed by atoms with Crippen LogP contribution in [0.3, 0.4) is 0 Å². The van der Waals surface area contributed by atoms with Gasteiger partial charge in [0.2, 0.25) is 0 Å². The quantitative estimate of drug-likeness (QED) is 0.804. The summed E-state index contributed by atoms with van der Waals surface area (Å²) in [6, 6.07) is 5.09. The molecule has 0 aromatic carbocycles. The number of hydrogen-bond acceptors (Lipinski definition) is 3. The van der Waals surface area contributed by atoms with Gasteiger partial charge in [-0.1, -0.05) is 13.8 Å². The standard InChI is InChI=1S/C14H24N2S/c1-11(2)9-17-10-12(3)16-13(4)14-5-7-15-8-6-14/h5-8,11-13,16H,9-10H2,1-4H3/t12-,13+/m1/s1. The Labute approximate surface area is 110 Å². The highest BCUT2D eigenvalue weighted by Gasteiger charge is 2.09. The van der Waals surface area contributed by atoms with Crippen LogP contribution in [0.1, 0.15) is 39.3 Å². The van der Waals surface area contributed by atoms with E-state index in [0.717, 1.165) is 5.92 Å². The molecule has 17 heavy (non-hydrogen) atoms. The molecule has 0 spiro atoms. The molecule has 1 aromatic rings. The van der Waals surface area contributed by atoms with Crippen LogP contribution in [-0.2, 0) is 0 Å². The van der Waals surface area contributed by atoms with Crippen LogP contribution < -0.4 is 5.32 Å². The molecular weight excluding hydrogens is 228 g/mol. The molecule has 0 aliphatic heterocycles. The van der Waals surface area contributed by atoms with E-state index in [1.165, 1.54) is 17.1 Å². The average Bonchev–Trinajstić information content (AvgIpc) is 2.29. The zero-order valence-corrected chi connectivity index (χ0v) is 12.1. The van der Waals surface area contributed by atoms with Crippen LogP contribution in [0.2, 0.25) is 0 Å². The van der Waals surface area contributed by atoms with Crippen molar-refractivity contribution in [2.24, 2.45) is 5.92 Å². The fraction of sp³-hybridized carbons (Fsp3) is 0.643. The largest absolute Gasteiger partial charge is 0.307 e. The van der Waals surface area contributed by atoms with Gasteiger partial charge in [-0.25, -0.2) is 0 Å². The molecule has 1 N–H and O–H groups in total. The van der Waals surface area contributed by atoms with E-state index in [1.54, 1.807) is 0 Å². The minimum absolute atomic E-state index is 0.396. The van der Waals surface area contributed by atoms with Crippen LogP contribution in [0, 0.1) is 5.92 Å². The molecule has 0 radical (unpaired) electrons. The molecule has 1 aromatic heterocycles.